The molecule has 0 radical (unpaired) electrons. The Morgan fingerprint density at radius 2 is 1.80 bits per heavy atom. The van der Waals surface area contributed by atoms with Crippen LogP contribution in [0.5, 0.6) is 0 Å². The highest BCUT2D eigenvalue weighted by molar-refractivity contribution is 7.92. The van der Waals surface area contributed by atoms with E-state index in [1.165, 1.54) is 4.31 Å². The molecule has 1 aliphatic heterocycles. The number of benzene rings is 2. The minimum absolute atomic E-state index is 0.0435. The number of para-hydroxylation sites is 1. The van der Waals surface area contributed by atoms with E-state index in [-0.39, 0.29) is 24.1 Å². The highest BCUT2D eigenvalue weighted by atomic mass is 32.2. The molecule has 1 N–H and O–H groups in total. The number of hydrogen-bond acceptors (Lipinski definition) is 3. The summed E-state index contributed by atoms with van der Waals surface area (Å²) in [6.07, 6.45) is 0.671. The number of carbonyl (C=O) groups is 1. The third-order valence-corrected chi connectivity index (χ3v) is 6.22. The summed E-state index contributed by atoms with van der Waals surface area (Å²) in [6, 6.07) is 17.0. The molecule has 25 heavy (non-hydrogen) atoms. The highest BCUT2D eigenvalue weighted by Crippen LogP contribution is 2.30. The first-order valence-corrected chi connectivity index (χ1v) is 10.0. The second kappa shape index (κ2) is 7.27. The quantitative estimate of drug-likeness (QED) is 0.863. The van der Waals surface area contributed by atoms with Gasteiger partial charge in [-0.25, -0.2) is 8.42 Å². The van der Waals surface area contributed by atoms with E-state index in [0.717, 1.165) is 16.8 Å². The number of anilines is 1. The molecule has 0 fully saturated rings. The number of sulfonamides is 1. The maximum atomic E-state index is 12.6. The summed E-state index contributed by atoms with van der Waals surface area (Å²) in [5.74, 6) is -0.443. The first kappa shape index (κ1) is 17.5. The molecule has 132 valence electrons. The summed E-state index contributed by atoms with van der Waals surface area (Å²) in [5.41, 5.74) is 2.76. The molecule has 2 aromatic carbocycles. The lowest BCUT2D eigenvalue weighted by atomic mass is 10.1. The smallest absolute Gasteiger partial charge is 0.235 e. The molecule has 1 unspecified atom stereocenters. The molecule has 0 aromatic heterocycles. The normalized spacial score (nSPS) is 14.8. The van der Waals surface area contributed by atoms with E-state index in [0.29, 0.717) is 13.0 Å². The second-order valence-corrected chi connectivity index (χ2v) is 8.23. The molecular weight excluding hydrogens is 336 g/mol. The molecule has 1 heterocycles. The van der Waals surface area contributed by atoms with Crippen LogP contribution in [0.2, 0.25) is 0 Å². The van der Waals surface area contributed by atoms with Gasteiger partial charge in [-0.15, -0.1) is 0 Å². The Kier molecular flexibility index (Phi) is 5.08. The van der Waals surface area contributed by atoms with E-state index in [1.54, 1.807) is 0 Å². The summed E-state index contributed by atoms with van der Waals surface area (Å²) in [4.78, 5) is 12.1. The van der Waals surface area contributed by atoms with Crippen molar-refractivity contribution in [2.45, 2.75) is 25.8 Å². The molecule has 0 saturated heterocycles. The number of carbonyl (C=O) groups excluding carboxylic acids is 1. The number of rotatable bonds is 6. The first-order valence-electron chi connectivity index (χ1n) is 8.40. The van der Waals surface area contributed by atoms with Gasteiger partial charge in [0.05, 0.1) is 17.5 Å². The van der Waals surface area contributed by atoms with Crippen LogP contribution in [0.3, 0.4) is 0 Å². The molecule has 1 amide bonds. The van der Waals surface area contributed by atoms with Gasteiger partial charge in [-0.3, -0.25) is 9.10 Å². The largest absolute Gasteiger partial charge is 0.350 e. The van der Waals surface area contributed by atoms with Crippen molar-refractivity contribution in [2.24, 2.45) is 0 Å². The van der Waals surface area contributed by atoms with Crippen molar-refractivity contribution in [1.29, 1.82) is 0 Å². The van der Waals surface area contributed by atoms with Gasteiger partial charge in [0.25, 0.3) is 0 Å². The van der Waals surface area contributed by atoms with Crippen molar-refractivity contribution in [3.05, 3.63) is 65.7 Å². The Morgan fingerprint density at radius 1 is 1.12 bits per heavy atom. The summed E-state index contributed by atoms with van der Waals surface area (Å²) in [7, 11) is -3.50. The molecule has 0 spiro atoms. The fourth-order valence-electron chi connectivity index (χ4n) is 3.07. The third kappa shape index (κ3) is 4.02. The standard InChI is InChI=1S/C19H22N2O3S/c1-15(16-7-3-2-4-8-16)20-19(22)12-14-25(23,24)21-13-11-17-9-5-6-10-18(17)21/h2-10,15H,11-14H2,1H3,(H,20,22). The van der Waals surface area contributed by atoms with Crippen LogP contribution in [0.25, 0.3) is 0 Å². The van der Waals surface area contributed by atoms with Crippen molar-refractivity contribution >= 4 is 21.6 Å². The molecular formula is C19H22N2O3S. The fraction of sp³-hybridized carbons (Fsp3) is 0.316. The number of nitrogens with zero attached hydrogens (tertiary/aromatic N) is 1. The Hall–Kier alpha value is -2.34. The van der Waals surface area contributed by atoms with Gasteiger partial charge >= 0.3 is 0 Å². The average molecular weight is 358 g/mol. The Balaban J connectivity index is 1.58. The van der Waals surface area contributed by atoms with Crippen LogP contribution in [0, 0.1) is 0 Å². The zero-order chi connectivity index (χ0) is 17.9. The van der Waals surface area contributed by atoms with Gasteiger partial charge < -0.3 is 5.32 Å². The minimum Gasteiger partial charge on any atom is -0.350 e. The van der Waals surface area contributed by atoms with E-state index in [9.17, 15) is 13.2 Å². The van der Waals surface area contributed by atoms with Gasteiger partial charge in [0.1, 0.15) is 0 Å². The predicted octanol–water partition coefficient (Wildman–Crippen LogP) is 2.65. The zero-order valence-corrected chi connectivity index (χ0v) is 15.0. The molecule has 0 bridgehead atoms. The SMILES string of the molecule is CC(NC(=O)CCS(=O)(=O)N1CCc2ccccc21)c1ccccc1. The molecule has 0 saturated carbocycles. The van der Waals surface area contributed by atoms with Gasteiger partial charge in [-0.1, -0.05) is 48.5 Å². The summed E-state index contributed by atoms with van der Waals surface area (Å²) >= 11 is 0. The highest BCUT2D eigenvalue weighted by Gasteiger charge is 2.29. The van der Waals surface area contributed by atoms with Crippen LogP contribution in [-0.2, 0) is 21.2 Å². The molecule has 1 atom stereocenters. The Bertz CT molecular complexity index is 850. The molecule has 3 rings (SSSR count). The van der Waals surface area contributed by atoms with Crippen LogP contribution < -0.4 is 9.62 Å². The van der Waals surface area contributed by atoms with Crippen molar-refractivity contribution in [3.63, 3.8) is 0 Å². The third-order valence-electron chi connectivity index (χ3n) is 4.44. The van der Waals surface area contributed by atoms with Crippen molar-refractivity contribution in [1.82, 2.24) is 5.32 Å². The van der Waals surface area contributed by atoms with Crippen LogP contribution in [0.15, 0.2) is 54.6 Å². The number of hydrogen-bond donors (Lipinski definition) is 1. The Morgan fingerprint density at radius 3 is 2.56 bits per heavy atom. The van der Waals surface area contributed by atoms with Crippen LogP contribution >= 0.6 is 0 Å². The van der Waals surface area contributed by atoms with E-state index >= 15 is 0 Å². The first-order chi connectivity index (χ1) is 12.0. The van der Waals surface area contributed by atoms with Crippen LogP contribution in [-0.4, -0.2) is 26.6 Å². The maximum absolute atomic E-state index is 12.6. The van der Waals surface area contributed by atoms with Crippen LogP contribution in [0.4, 0.5) is 5.69 Å². The zero-order valence-electron chi connectivity index (χ0n) is 14.2. The van der Waals surface area contributed by atoms with Crippen molar-refractivity contribution in [2.75, 3.05) is 16.6 Å². The summed E-state index contributed by atoms with van der Waals surface area (Å²) in [6.45, 7) is 2.34. The number of amides is 1. The fourth-order valence-corrected chi connectivity index (χ4v) is 4.58. The van der Waals surface area contributed by atoms with Gasteiger partial charge in [-0.05, 0) is 30.5 Å². The maximum Gasteiger partial charge on any atom is 0.235 e. The van der Waals surface area contributed by atoms with Gasteiger partial charge in [0.2, 0.25) is 15.9 Å². The lowest BCUT2D eigenvalue weighted by Crippen LogP contribution is -2.34. The number of nitrogens with one attached hydrogen (secondary N) is 1. The van der Waals surface area contributed by atoms with E-state index < -0.39 is 10.0 Å². The Labute approximate surface area is 148 Å². The summed E-state index contributed by atoms with van der Waals surface area (Å²) in [5, 5.41) is 2.86. The summed E-state index contributed by atoms with van der Waals surface area (Å²) < 4.78 is 26.6. The lowest BCUT2D eigenvalue weighted by Gasteiger charge is -2.20. The van der Waals surface area contributed by atoms with Gasteiger partial charge in [0.15, 0.2) is 0 Å². The van der Waals surface area contributed by atoms with Crippen molar-refractivity contribution < 1.29 is 13.2 Å². The minimum atomic E-state index is -3.50. The van der Waals surface area contributed by atoms with Gasteiger partial charge in [0, 0.05) is 13.0 Å². The van der Waals surface area contributed by atoms with Crippen LogP contribution in [0.1, 0.15) is 30.5 Å². The molecule has 2 aromatic rings. The molecule has 5 nitrogen and oxygen atoms in total. The molecule has 0 aliphatic carbocycles. The number of fused-ring (bicyclic) bond motifs is 1. The molecule has 6 heteroatoms. The van der Waals surface area contributed by atoms with E-state index in [2.05, 4.69) is 5.32 Å². The second-order valence-electron chi connectivity index (χ2n) is 6.22. The van der Waals surface area contributed by atoms with E-state index in [1.807, 2.05) is 61.5 Å². The predicted molar refractivity (Wildman–Crippen MR) is 98.9 cm³/mol. The van der Waals surface area contributed by atoms with Gasteiger partial charge in [-0.2, -0.15) is 0 Å². The van der Waals surface area contributed by atoms with Crippen molar-refractivity contribution in [3.8, 4) is 0 Å². The lowest BCUT2D eigenvalue weighted by molar-refractivity contribution is -0.121. The molecule has 1 aliphatic rings. The topological polar surface area (TPSA) is 66.5 Å². The monoisotopic (exact) mass is 358 g/mol. The average Bonchev–Trinajstić information content (AvgIpc) is 3.06. The van der Waals surface area contributed by atoms with E-state index in [4.69, 9.17) is 0 Å².